The lowest BCUT2D eigenvalue weighted by molar-refractivity contribution is -0.162. The third-order valence-corrected chi connectivity index (χ3v) is 4.05. The molecule has 0 saturated heterocycles. The summed E-state index contributed by atoms with van der Waals surface area (Å²) >= 11 is 0. The van der Waals surface area contributed by atoms with E-state index in [2.05, 4.69) is 0 Å². The number of benzene rings is 2. The highest BCUT2D eigenvalue weighted by molar-refractivity contribution is 5.96. The molecule has 0 aromatic heterocycles. The summed E-state index contributed by atoms with van der Waals surface area (Å²) in [6.45, 7) is 3.81. The van der Waals surface area contributed by atoms with Crippen LogP contribution in [0.15, 0.2) is 54.6 Å². The highest BCUT2D eigenvalue weighted by Gasteiger charge is 2.39. The maximum absolute atomic E-state index is 12.6. The van der Waals surface area contributed by atoms with Crippen LogP contribution in [-0.4, -0.2) is 32.3 Å². The molecule has 26 heavy (non-hydrogen) atoms. The number of carbonyl (C=O) groups excluding carboxylic acids is 2. The lowest BCUT2D eigenvalue weighted by Gasteiger charge is -2.25. The van der Waals surface area contributed by atoms with Crippen LogP contribution in [0, 0.1) is 5.92 Å². The van der Waals surface area contributed by atoms with E-state index in [0.717, 1.165) is 11.1 Å². The van der Waals surface area contributed by atoms with Crippen molar-refractivity contribution in [2.24, 2.45) is 5.92 Å². The molecule has 1 atom stereocenters. The Morgan fingerprint density at radius 2 is 1.31 bits per heavy atom. The molecule has 0 amide bonds. The summed E-state index contributed by atoms with van der Waals surface area (Å²) in [6.07, 6.45) is 0. The zero-order valence-corrected chi connectivity index (χ0v) is 15.3. The van der Waals surface area contributed by atoms with Gasteiger partial charge in [-0.3, -0.25) is 9.59 Å². The zero-order valence-electron chi connectivity index (χ0n) is 15.3. The fraction of sp³-hybridized carbons (Fsp3) is 0.333. The van der Waals surface area contributed by atoms with Gasteiger partial charge in [-0.25, -0.2) is 0 Å². The molecule has 5 nitrogen and oxygen atoms in total. The molecule has 2 rings (SSSR count). The average molecular weight is 356 g/mol. The number of methoxy groups -OCH3 is 1. The highest BCUT2D eigenvalue weighted by atomic mass is 16.6. The number of hydrogen-bond donors (Lipinski definition) is 0. The first kappa shape index (κ1) is 19.5. The van der Waals surface area contributed by atoms with E-state index in [1.165, 1.54) is 0 Å². The van der Waals surface area contributed by atoms with Crippen LogP contribution in [0.5, 0.6) is 5.75 Å². The predicted octanol–water partition coefficient (Wildman–Crippen LogP) is 3.57. The molecule has 2 aromatic rings. The summed E-state index contributed by atoms with van der Waals surface area (Å²) < 4.78 is 15.6. The SMILES string of the molecule is CCOC(=O)C(C(=O)OCC)[C@@H](c1ccccc1)c1ccc(OC)cc1. The Balaban J connectivity index is 2.54. The minimum absolute atomic E-state index is 0.193. The number of hydrogen-bond acceptors (Lipinski definition) is 5. The van der Waals surface area contributed by atoms with Gasteiger partial charge in [0.15, 0.2) is 5.92 Å². The minimum Gasteiger partial charge on any atom is -0.497 e. The molecule has 0 aliphatic rings. The summed E-state index contributed by atoms with van der Waals surface area (Å²) in [4.78, 5) is 25.2. The van der Waals surface area contributed by atoms with Crippen LogP contribution in [0.2, 0.25) is 0 Å². The van der Waals surface area contributed by atoms with Crippen LogP contribution in [0.3, 0.4) is 0 Å². The van der Waals surface area contributed by atoms with E-state index in [-0.39, 0.29) is 13.2 Å². The van der Waals surface area contributed by atoms with Crippen molar-refractivity contribution in [2.45, 2.75) is 19.8 Å². The molecule has 0 unspecified atom stereocenters. The van der Waals surface area contributed by atoms with Crippen molar-refractivity contribution in [1.29, 1.82) is 0 Å². The molecule has 0 aliphatic heterocycles. The van der Waals surface area contributed by atoms with E-state index < -0.39 is 23.8 Å². The van der Waals surface area contributed by atoms with Crippen molar-refractivity contribution in [3.63, 3.8) is 0 Å². The first-order chi connectivity index (χ1) is 12.6. The van der Waals surface area contributed by atoms with Crippen molar-refractivity contribution < 1.29 is 23.8 Å². The van der Waals surface area contributed by atoms with Gasteiger partial charge in [-0.05, 0) is 37.1 Å². The van der Waals surface area contributed by atoms with Gasteiger partial charge in [-0.1, -0.05) is 42.5 Å². The van der Waals surface area contributed by atoms with Crippen LogP contribution < -0.4 is 4.74 Å². The second kappa shape index (κ2) is 9.61. The second-order valence-electron chi connectivity index (χ2n) is 5.64. The molecule has 5 heteroatoms. The highest BCUT2D eigenvalue weighted by Crippen LogP contribution is 2.34. The van der Waals surface area contributed by atoms with Gasteiger partial charge in [0, 0.05) is 5.92 Å². The van der Waals surface area contributed by atoms with Crippen molar-refractivity contribution in [2.75, 3.05) is 20.3 Å². The maximum atomic E-state index is 12.6. The van der Waals surface area contributed by atoms with Crippen molar-refractivity contribution in [1.82, 2.24) is 0 Å². The van der Waals surface area contributed by atoms with Gasteiger partial charge in [0.1, 0.15) is 5.75 Å². The molecular weight excluding hydrogens is 332 g/mol. The Hall–Kier alpha value is -2.82. The second-order valence-corrected chi connectivity index (χ2v) is 5.64. The number of carbonyl (C=O) groups is 2. The van der Waals surface area contributed by atoms with Gasteiger partial charge in [0.2, 0.25) is 0 Å². The molecule has 0 heterocycles. The standard InChI is InChI=1S/C21H24O5/c1-4-25-20(22)19(21(23)26-5-2)18(15-9-7-6-8-10-15)16-11-13-17(24-3)14-12-16/h6-14,18-19H,4-5H2,1-3H3/t18-/m0/s1. The van der Waals surface area contributed by atoms with Crippen molar-refractivity contribution in [3.8, 4) is 5.75 Å². The van der Waals surface area contributed by atoms with Crippen molar-refractivity contribution >= 4 is 11.9 Å². The van der Waals surface area contributed by atoms with Gasteiger partial charge in [-0.2, -0.15) is 0 Å². The summed E-state index contributed by atoms with van der Waals surface area (Å²) in [5.41, 5.74) is 1.65. The Morgan fingerprint density at radius 1 is 0.808 bits per heavy atom. The molecular formula is C21H24O5. The topological polar surface area (TPSA) is 61.8 Å². The Bertz CT molecular complexity index is 691. The molecule has 2 aromatic carbocycles. The Labute approximate surface area is 153 Å². The lowest BCUT2D eigenvalue weighted by Crippen LogP contribution is -2.34. The molecule has 0 saturated carbocycles. The van der Waals surface area contributed by atoms with Gasteiger partial charge >= 0.3 is 11.9 Å². The number of rotatable bonds is 8. The van der Waals surface area contributed by atoms with E-state index in [4.69, 9.17) is 14.2 Å². The van der Waals surface area contributed by atoms with E-state index in [0.29, 0.717) is 5.75 Å². The van der Waals surface area contributed by atoms with Gasteiger partial charge in [0.25, 0.3) is 0 Å². The largest absolute Gasteiger partial charge is 0.497 e. The Kier molecular flexibility index (Phi) is 7.21. The van der Waals surface area contributed by atoms with Crippen LogP contribution in [-0.2, 0) is 19.1 Å². The first-order valence-corrected chi connectivity index (χ1v) is 8.64. The predicted molar refractivity (Wildman–Crippen MR) is 98.0 cm³/mol. The molecule has 0 fully saturated rings. The van der Waals surface area contributed by atoms with Gasteiger partial charge in [0.05, 0.1) is 20.3 Å². The summed E-state index contributed by atoms with van der Waals surface area (Å²) in [6, 6.07) is 16.7. The maximum Gasteiger partial charge on any atom is 0.321 e. The van der Waals surface area contributed by atoms with Crippen LogP contribution in [0.25, 0.3) is 0 Å². The fourth-order valence-corrected chi connectivity index (χ4v) is 2.88. The van der Waals surface area contributed by atoms with Gasteiger partial charge in [-0.15, -0.1) is 0 Å². The fourth-order valence-electron chi connectivity index (χ4n) is 2.88. The summed E-state index contributed by atoms with van der Waals surface area (Å²) in [5.74, 6) is -2.07. The monoisotopic (exact) mass is 356 g/mol. The third kappa shape index (κ3) is 4.63. The first-order valence-electron chi connectivity index (χ1n) is 8.64. The molecule has 0 spiro atoms. The summed E-state index contributed by atoms with van der Waals surface area (Å²) in [7, 11) is 1.59. The number of esters is 2. The van der Waals surface area contributed by atoms with E-state index >= 15 is 0 Å². The summed E-state index contributed by atoms with van der Waals surface area (Å²) in [5, 5.41) is 0. The smallest absolute Gasteiger partial charge is 0.321 e. The Morgan fingerprint density at radius 3 is 1.77 bits per heavy atom. The zero-order chi connectivity index (χ0) is 18.9. The van der Waals surface area contributed by atoms with Crippen LogP contribution in [0.4, 0.5) is 0 Å². The van der Waals surface area contributed by atoms with Crippen LogP contribution >= 0.6 is 0 Å². The molecule has 138 valence electrons. The van der Waals surface area contributed by atoms with E-state index in [1.807, 2.05) is 42.5 Å². The average Bonchev–Trinajstić information content (AvgIpc) is 2.67. The van der Waals surface area contributed by atoms with E-state index in [1.54, 1.807) is 33.1 Å². The minimum atomic E-state index is -1.08. The van der Waals surface area contributed by atoms with Gasteiger partial charge < -0.3 is 14.2 Å². The van der Waals surface area contributed by atoms with Crippen molar-refractivity contribution in [3.05, 3.63) is 65.7 Å². The molecule has 0 aliphatic carbocycles. The lowest BCUT2D eigenvalue weighted by atomic mass is 9.80. The third-order valence-electron chi connectivity index (χ3n) is 4.05. The van der Waals surface area contributed by atoms with E-state index in [9.17, 15) is 9.59 Å². The normalized spacial score (nSPS) is 11.7. The quantitative estimate of drug-likeness (QED) is 0.534. The molecule has 0 bridgehead atoms. The number of ether oxygens (including phenoxy) is 3. The molecule has 0 radical (unpaired) electrons. The molecule has 0 N–H and O–H groups in total. The van der Waals surface area contributed by atoms with Crippen LogP contribution in [0.1, 0.15) is 30.9 Å².